The molecule has 0 unspecified atom stereocenters. The quantitative estimate of drug-likeness (QED) is 0.255. The van der Waals surface area contributed by atoms with Gasteiger partial charge in [0.25, 0.3) is 0 Å². The summed E-state index contributed by atoms with van der Waals surface area (Å²) in [6.07, 6.45) is 1.91. The summed E-state index contributed by atoms with van der Waals surface area (Å²) in [6.45, 7) is 0. The zero-order valence-corrected chi connectivity index (χ0v) is 19.2. The second kappa shape index (κ2) is 10.9. The number of nitrogens with two attached hydrogens (primary N) is 1. The molecular formula is C22H21BrN4O3S. The van der Waals surface area contributed by atoms with E-state index in [1.807, 2.05) is 30.3 Å². The van der Waals surface area contributed by atoms with E-state index >= 15 is 0 Å². The van der Waals surface area contributed by atoms with Crippen LogP contribution in [0.2, 0.25) is 0 Å². The van der Waals surface area contributed by atoms with Crippen molar-refractivity contribution < 1.29 is 14.3 Å². The molecule has 31 heavy (non-hydrogen) atoms. The topological polar surface area (TPSA) is 107 Å². The minimum absolute atomic E-state index is 0.0360. The van der Waals surface area contributed by atoms with E-state index in [-0.39, 0.29) is 24.5 Å². The Morgan fingerprint density at radius 1 is 1.16 bits per heavy atom. The summed E-state index contributed by atoms with van der Waals surface area (Å²) >= 11 is 4.74. The smallest absolute Gasteiger partial charge is 0.225 e. The molecule has 1 amide bonds. The Hall–Kier alpha value is -2.91. The van der Waals surface area contributed by atoms with Crippen LogP contribution in [0.15, 0.2) is 64.4 Å². The molecule has 1 aromatic heterocycles. The molecule has 0 spiro atoms. The van der Waals surface area contributed by atoms with E-state index < -0.39 is 0 Å². The highest BCUT2D eigenvalue weighted by Crippen LogP contribution is 2.29. The van der Waals surface area contributed by atoms with Gasteiger partial charge in [0.05, 0.1) is 17.3 Å². The van der Waals surface area contributed by atoms with Crippen LogP contribution >= 0.6 is 27.7 Å². The Bertz CT molecular complexity index is 1080. The Balaban J connectivity index is 1.62. The number of amides is 1. The molecule has 3 N–H and O–H groups in total. The van der Waals surface area contributed by atoms with Crippen molar-refractivity contribution in [2.24, 2.45) is 0 Å². The van der Waals surface area contributed by atoms with Crippen LogP contribution in [0, 0.1) is 0 Å². The van der Waals surface area contributed by atoms with Gasteiger partial charge >= 0.3 is 0 Å². The van der Waals surface area contributed by atoms with Gasteiger partial charge < -0.3 is 15.8 Å². The van der Waals surface area contributed by atoms with Gasteiger partial charge in [-0.15, -0.1) is 11.8 Å². The van der Waals surface area contributed by atoms with Gasteiger partial charge in [-0.3, -0.25) is 9.59 Å². The summed E-state index contributed by atoms with van der Waals surface area (Å²) in [6, 6.07) is 14.6. The number of nitrogens with one attached hydrogen (secondary N) is 1. The predicted molar refractivity (Wildman–Crippen MR) is 126 cm³/mol. The van der Waals surface area contributed by atoms with Gasteiger partial charge in [0.1, 0.15) is 22.9 Å². The molecule has 0 atom stereocenters. The van der Waals surface area contributed by atoms with Gasteiger partial charge in [-0.25, -0.2) is 9.97 Å². The number of Topliss-reactive ketones (excluding diaryl/α,β-unsaturated/α-hetero) is 1. The number of nitrogens with zero attached hydrogens (tertiary/aromatic N) is 2. The number of anilines is 2. The maximum absolute atomic E-state index is 12.7. The number of ketones is 1. The molecule has 3 rings (SSSR count). The fourth-order valence-corrected chi connectivity index (χ4v) is 4.16. The van der Waals surface area contributed by atoms with Crippen LogP contribution in [0.1, 0.15) is 22.3 Å². The molecule has 0 radical (unpaired) electrons. The third-order valence-corrected chi connectivity index (χ3v) is 6.39. The van der Waals surface area contributed by atoms with Crippen LogP contribution in [0.5, 0.6) is 5.75 Å². The molecule has 160 valence electrons. The van der Waals surface area contributed by atoms with Crippen LogP contribution < -0.4 is 15.8 Å². The lowest BCUT2D eigenvalue weighted by atomic mass is 10.0. The Morgan fingerprint density at radius 2 is 1.94 bits per heavy atom. The number of hydrogen-bond donors (Lipinski definition) is 2. The molecule has 0 bridgehead atoms. The average Bonchev–Trinajstić information content (AvgIpc) is 2.77. The van der Waals surface area contributed by atoms with Crippen LogP contribution in [0.3, 0.4) is 0 Å². The van der Waals surface area contributed by atoms with E-state index in [1.54, 1.807) is 18.2 Å². The number of thioether (sulfide) groups is 1. The summed E-state index contributed by atoms with van der Waals surface area (Å²) in [5, 5.41) is 3.51. The lowest BCUT2D eigenvalue weighted by molar-refractivity contribution is -0.115. The number of nitrogen functional groups attached to an aromatic ring is 1. The van der Waals surface area contributed by atoms with Crippen molar-refractivity contribution in [3.05, 3.63) is 70.5 Å². The first-order chi connectivity index (χ1) is 15.0. The van der Waals surface area contributed by atoms with Crippen LogP contribution in [0.25, 0.3) is 0 Å². The molecule has 0 fully saturated rings. The molecule has 9 heteroatoms. The standard InChI is InChI=1S/C22H21BrN4O3S/c1-30-18-8-7-15(17(28)11-14-5-3-2-4-6-14)12-16(18)27-19(29)9-10-31-22-20(23)21(24)25-13-26-22/h2-8,12-13H,9-11H2,1H3,(H,27,29)(H2,24,25,26). The highest BCUT2D eigenvalue weighted by atomic mass is 79.9. The van der Waals surface area contributed by atoms with E-state index in [0.29, 0.717) is 38.1 Å². The summed E-state index contributed by atoms with van der Waals surface area (Å²) in [7, 11) is 1.52. The molecule has 0 aliphatic rings. The Labute approximate surface area is 192 Å². The van der Waals surface area contributed by atoms with Gasteiger partial charge in [0, 0.05) is 24.2 Å². The van der Waals surface area contributed by atoms with Crippen molar-refractivity contribution >= 4 is 50.9 Å². The minimum atomic E-state index is -0.198. The Kier molecular flexibility index (Phi) is 8.02. The summed E-state index contributed by atoms with van der Waals surface area (Å²) < 4.78 is 5.95. The molecule has 3 aromatic rings. The number of halogens is 1. The predicted octanol–water partition coefficient (Wildman–Crippen LogP) is 4.38. The number of carbonyl (C=O) groups is 2. The zero-order valence-electron chi connectivity index (χ0n) is 16.8. The summed E-state index contributed by atoms with van der Waals surface area (Å²) in [5.74, 6) is 1.10. The van der Waals surface area contributed by atoms with Crippen molar-refractivity contribution in [1.29, 1.82) is 0 Å². The van der Waals surface area contributed by atoms with E-state index in [9.17, 15) is 9.59 Å². The van der Waals surface area contributed by atoms with E-state index in [2.05, 4.69) is 31.2 Å². The second-order valence-electron chi connectivity index (χ2n) is 6.53. The zero-order chi connectivity index (χ0) is 22.2. The molecule has 2 aromatic carbocycles. The van der Waals surface area contributed by atoms with Gasteiger partial charge in [0.15, 0.2) is 5.78 Å². The van der Waals surface area contributed by atoms with Crippen molar-refractivity contribution in [2.75, 3.05) is 23.9 Å². The van der Waals surface area contributed by atoms with Crippen molar-refractivity contribution in [1.82, 2.24) is 9.97 Å². The van der Waals surface area contributed by atoms with E-state index in [0.717, 1.165) is 5.56 Å². The second-order valence-corrected chi connectivity index (χ2v) is 8.40. The normalized spacial score (nSPS) is 10.5. The molecule has 0 saturated heterocycles. The lowest BCUT2D eigenvalue weighted by Crippen LogP contribution is -2.14. The lowest BCUT2D eigenvalue weighted by Gasteiger charge is -2.12. The van der Waals surface area contributed by atoms with Crippen molar-refractivity contribution in [2.45, 2.75) is 17.9 Å². The summed E-state index contributed by atoms with van der Waals surface area (Å²) in [5.41, 5.74) is 7.65. The fourth-order valence-electron chi connectivity index (χ4n) is 2.78. The first-order valence-corrected chi connectivity index (χ1v) is 11.2. The number of rotatable bonds is 9. The largest absolute Gasteiger partial charge is 0.495 e. The van der Waals surface area contributed by atoms with Crippen LogP contribution in [-0.4, -0.2) is 34.5 Å². The van der Waals surface area contributed by atoms with Crippen LogP contribution in [-0.2, 0) is 11.2 Å². The van der Waals surface area contributed by atoms with Gasteiger partial charge in [0.2, 0.25) is 5.91 Å². The first-order valence-electron chi connectivity index (χ1n) is 9.41. The highest BCUT2D eigenvalue weighted by molar-refractivity contribution is 9.10. The third-order valence-electron chi connectivity index (χ3n) is 4.36. The number of ether oxygens (including phenoxy) is 1. The monoisotopic (exact) mass is 500 g/mol. The molecule has 7 nitrogen and oxygen atoms in total. The number of hydrogen-bond acceptors (Lipinski definition) is 7. The number of aromatic nitrogens is 2. The Morgan fingerprint density at radius 3 is 2.68 bits per heavy atom. The van der Waals surface area contributed by atoms with Gasteiger partial charge in [-0.1, -0.05) is 30.3 Å². The number of benzene rings is 2. The molecule has 0 aliphatic carbocycles. The minimum Gasteiger partial charge on any atom is -0.495 e. The highest BCUT2D eigenvalue weighted by Gasteiger charge is 2.14. The number of methoxy groups -OCH3 is 1. The average molecular weight is 501 g/mol. The molecule has 0 saturated carbocycles. The first kappa shape index (κ1) is 22.8. The van der Waals surface area contributed by atoms with Crippen molar-refractivity contribution in [3.8, 4) is 5.75 Å². The van der Waals surface area contributed by atoms with E-state index in [4.69, 9.17) is 10.5 Å². The number of carbonyl (C=O) groups excluding carboxylic acids is 2. The van der Waals surface area contributed by atoms with Crippen LogP contribution in [0.4, 0.5) is 11.5 Å². The van der Waals surface area contributed by atoms with Gasteiger partial charge in [-0.05, 0) is 39.7 Å². The van der Waals surface area contributed by atoms with E-state index in [1.165, 1.54) is 25.2 Å². The molecule has 0 aliphatic heterocycles. The maximum Gasteiger partial charge on any atom is 0.225 e. The maximum atomic E-state index is 12.7. The third kappa shape index (κ3) is 6.28. The SMILES string of the molecule is COc1ccc(C(=O)Cc2ccccc2)cc1NC(=O)CCSc1ncnc(N)c1Br. The summed E-state index contributed by atoms with van der Waals surface area (Å²) in [4.78, 5) is 33.2. The van der Waals surface area contributed by atoms with Crippen molar-refractivity contribution in [3.63, 3.8) is 0 Å². The molecule has 1 heterocycles. The van der Waals surface area contributed by atoms with Gasteiger partial charge in [-0.2, -0.15) is 0 Å². The molecular weight excluding hydrogens is 480 g/mol. The fraction of sp³-hybridized carbons (Fsp3) is 0.182.